The third-order valence-electron chi connectivity index (χ3n) is 13.5. The number of rotatable bonds is 16. The van der Waals surface area contributed by atoms with Gasteiger partial charge in [0.2, 0.25) is 29.5 Å². The molecule has 3 saturated heterocycles. The number of carbonyl (C=O) groups is 6. The Labute approximate surface area is 391 Å². The number of amides is 5. The van der Waals surface area contributed by atoms with Gasteiger partial charge in [-0.05, 0) is 78.9 Å². The number of morpholine rings is 1. The van der Waals surface area contributed by atoms with E-state index in [0.29, 0.717) is 65.0 Å². The second-order valence-electron chi connectivity index (χ2n) is 19.1. The third kappa shape index (κ3) is 11.9. The Morgan fingerprint density at radius 2 is 1.47 bits per heavy atom. The van der Waals surface area contributed by atoms with E-state index in [1.165, 1.54) is 4.90 Å². The Morgan fingerprint density at radius 1 is 0.848 bits per heavy atom. The number of hydrogen-bond donors (Lipinski definition) is 3. The van der Waals surface area contributed by atoms with Crippen LogP contribution in [0.4, 0.5) is 0 Å². The summed E-state index contributed by atoms with van der Waals surface area (Å²) in [6, 6.07) is 25.3. The molecular formula is C52H69N5O8Si. The fraction of sp³-hybridized carbons (Fsp3) is 0.500. The number of ether oxygens (including phenoxy) is 1. The summed E-state index contributed by atoms with van der Waals surface area (Å²) in [7, 11) is -2.95. The Balaban J connectivity index is 1.10. The van der Waals surface area contributed by atoms with E-state index in [1.807, 2.05) is 78.6 Å². The number of benzene rings is 3. The van der Waals surface area contributed by atoms with Gasteiger partial charge in [0.15, 0.2) is 5.78 Å². The highest BCUT2D eigenvalue weighted by molar-refractivity contribution is 6.99. The van der Waals surface area contributed by atoms with Gasteiger partial charge in [0.05, 0.1) is 13.2 Å². The lowest BCUT2D eigenvalue weighted by atomic mass is 9.94. The molecule has 3 heterocycles. The fourth-order valence-electron chi connectivity index (χ4n) is 9.29. The van der Waals surface area contributed by atoms with Gasteiger partial charge in [-0.2, -0.15) is 0 Å². The lowest BCUT2D eigenvalue weighted by molar-refractivity contribution is -0.144. The lowest BCUT2D eigenvalue weighted by Crippen LogP contribution is -2.68. The zero-order valence-electron chi connectivity index (χ0n) is 39.6. The van der Waals surface area contributed by atoms with Crippen molar-refractivity contribution < 1.29 is 37.9 Å². The summed E-state index contributed by atoms with van der Waals surface area (Å²) in [5, 5.41) is 10.7. The van der Waals surface area contributed by atoms with Gasteiger partial charge in [0.25, 0.3) is 8.32 Å². The zero-order chi connectivity index (χ0) is 47.5. The quantitative estimate of drug-likeness (QED) is 0.139. The summed E-state index contributed by atoms with van der Waals surface area (Å²) in [5.41, 5.74) is 0.405. The molecule has 0 unspecified atom stereocenters. The van der Waals surface area contributed by atoms with Crippen molar-refractivity contribution in [3.8, 4) is 0 Å². The van der Waals surface area contributed by atoms with Crippen LogP contribution in [0.5, 0.6) is 0 Å². The lowest BCUT2D eigenvalue weighted by Gasteiger charge is -2.44. The van der Waals surface area contributed by atoms with Crippen molar-refractivity contribution in [3.63, 3.8) is 0 Å². The minimum absolute atomic E-state index is 0.0740. The van der Waals surface area contributed by atoms with Crippen molar-refractivity contribution in [2.75, 3.05) is 32.8 Å². The van der Waals surface area contributed by atoms with Crippen molar-refractivity contribution in [3.05, 3.63) is 108 Å². The first kappa shape index (κ1) is 50.0. The van der Waals surface area contributed by atoms with Crippen LogP contribution in [0.3, 0.4) is 0 Å². The molecule has 3 aliphatic heterocycles. The van der Waals surface area contributed by atoms with Crippen molar-refractivity contribution in [2.24, 2.45) is 0 Å². The molecule has 0 aliphatic carbocycles. The number of nitrogens with one attached hydrogen (secondary N) is 3. The standard InChI is InChI=1S/C52H69N5O8Si/c1-7-52(6)50(63)54-43(36-39-27-25-38(26-28-39)29-30-46(59)56-32-34-64-35-33-56)49(62)57-31-17-23-44(57)48(61)53-42(47(60)55-52)22-15-10-16-24-45(58)37(2)65-66(51(3,4)5,40-18-11-8-12-19-40)41-20-13-9-14-21-41/h8-14,16,18-21,25-28,37,42-44H,7,15,17,22-24,29-36H2,1-6H3,(H,53,61)(H,54,63)(H,55,60)/t37-,42+,43+,44-,52+/m1/s1. The van der Waals surface area contributed by atoms with Crippen molar-refractivity contribution in [2.45, 2.75) is 134 Å². The molecule has 0 radical (unpaired) electrons. The molecule has 3 fully saturated rings. The number of hydrogen-bond acceptors (Lipinski definition) is 8. The maximum Gasteiger partial charge on any atom is 0.262 e. The Morgan fingerprint density at radius 3 is 2.08 bits per heavy atom. The molecular weight excluding hydrogens is 851 g/mol. The SMILES string of the molecule is CC[C@]1(C)NC(=O)[C@H](CCC=CCC(=O)[C@@H](C)O[Si](c2ccccc2)(c2ccccc2)C(C)(C)C)NC(=O)[C@H]2CCCN2C(=O)[C@H](Cc2ccc(CCC(=O)N3CCOCC3)cc2)NC1=O. The molecule has 13 nitrogen and oxygen atoms in total. The molecule has 6 rings (SSSR count). The minimum atomic E-state index is -2.95. The molecule has 5 atom stereocenters. The summed E-state index contributed by atoms with van der Waals surface area (Å²) in [6.45, 7) is 14.4. The summed E-state index contributed by atoms with van der Waals surface area (Å²) >= 11 is 0. The summed E-state index contributed by atoms with van der Waals surface area (Å²) in [6.07, 6.45) is 6.01. The molecule has 3 N–H and O–H groups in total. The normalized spacial score (nSPS) is 22.7. The molecule has 354 valence electrons. The highest BCUT2D eigenvalue weighted by Gasteiger charge is 2.51. The number of fused-ring (bicyclic) bond motifs is 1. The monoisotopic (exact) mass is 919 g/mol. The van der Waals surface area contributed by atoms with Crippen molar-refractivity contribution in [1.29, 1.82) is 0 Å². The molecule has 66 heavy (non-hydrogen) atoms. The predicted octanol–water partition coefficient (Wildman–Crippen LogP) is 4.54. The van der Waals surface area contributed by atoms with Crippen molar-refractivity contribution >= 4 is 54.0 Å². The highest BCUT2D eigenvalue weighted by Crippen LogP contribution is 2.37. The van der Waals surface area contributed by atoms with E-state index in [2.05, 4.69) is 61.0 Å². The first-order valence-corrected chi connectivity index (χ1v) is 25.6. The fourth-order valence-corrected chi connectivity index (χ4v) is 14.0. The smallest absolute Gasteiger partial charge is 0.262 e. The van der Waals surface area contributed by atoms with Crippen LogP contribution >= 0.6 is 0 Å². The van der Waals surface area contributed by atoms with Crippen LogP contribution in [0, 0.1) is 0 Å². The van der Waals surface area contributed by atoms with Crippen LogP contribution < -0.4 is 26.3 Å². The van der Waals surface area contributed by atoms with Gasteiger partial charge >= 0.3 is 0 Å². The number of nitrogens with zero attached hydrogens (tertiary/aromatic N) is 2. The maximum atomic E-state index is 14.3. The van der Waals surface area contributed by atoms with E-state index < -0.39 is 55.8 Å². The summed E-state index contributed by atoms with van der Waals surface area (Å²) in [4.78, 5) is 86.3. The van der Waals surface area contributed by atoms with Gasteiger partial charge < -0.3 is 34.9 Å². The van der Waals surface area contributed by atoms with Gasteiger partial charge in [0.1, 0.15) is 29.8 Å². The summed E-state index contributed by atoms with van der Waals surface area (Å²) < 4.78 is 12.4. The average Bonchev–Trinajstić information content (AvgIpc) is 3.82. The van der Waals surface area contributed by atoms with Gasteiger partial charge in [-0.25, -0.2) is 0 Å². The number of Topliss-reactive ketones (excluding diaryl/α,β-unsaturated/α-hetero) is 1. The van der Waals surface area contributed by atoms with Crippen LogP contribution in [-0.2, 0) is 50.8 Å². The molecule has 3 aromatic rings. The van der Waals surface area contributed by atoms with Crippen LogP contribution in [0.15, 0.2) is 97.1 Å². The van der Waals surface area contributed by atoms with Crippen LogP contribution in [0.25, 0.3) is 0 Å². The van der Waals surface area contributed by atoms with E-state index >= 15 is 0 Å². The van der Waals surface area contributed by atoms with Crippen LogP contribution in [0.2, 0.25) is 5.04 Å². The summed E-state index contributed by atoms with van der Waals surface area (Å²) in [5.74, 6) is -1.76. The average molecular weight is 920 g/mol. The van der Waals surface area contributed by atoms with E-state index in [-0.39, 0.29) is 48.3 Å². The second-order valence-corrected chi connectivity index (χ2v) is 23.4. The van der Waals surface area contributed by atoms with Crippen LogP contribution in [0.1, 0.15) is 97.6 Å². The molecule has 0 spiro atoms. The van der Waals surface area contributed by atoms with Crippen LogP contribution in [-0.4, -0.2) is 116 Å². The van der Waals surface area contributed by atoms with E-state index in [9.17, 15) is 28.8 Å². The largest absolute Gasteiger partial charge is 0.398 e. The Hall–Kier alpha value is -5.44. The maximum absolute atomic E-state index is 14.3. The molecule has 0 aromatic heterocycles. The molecule has 0 bridgehead atoms. The van der Waals surface area contributed by atoms with E-state index in [0.717, 1.165) is 21.5 Å². The van der Waals surface area contributed by atoms with Gasteiger partial charge in [-0.1, -0.05) is 125 Å². The van der Waals surface area contributed by atoms with E-state index in [1.54, 1.807) is 19.9 Å². The van der Waals surface area contributed by atoms with Gasteiger partial charge in [-0.15, -0.1) is 0 Å². The first-order valence-electron chi connectivity index (χ1n) is 23.7. The molecule has 3 aromatic carbocycles. The van der Waals surface area contributed by atoms with Crippen molar-refractivity contribution in [1.82, 2.24) is 25.8 Å². The third-order valence-corrected chi connectivity index (χ3v) is 18.6. The molecule has 0 saturated carbocycles. The molecule has 5 amide bonds. The topological polar surface area (TPSA) is 163 Å². The predicted molar refractivity (Wildman–Crippen MR) is 257 cm³/mol. The number of allylic oxidation sites excluding steroid dienone is 2. The number of carbonyl (C=O) groups excluding carboxylic acids is 6. The van der Waals surface area contributed by atoms with Gasteiger partial charge in [-0.3, -0.25) is 28.8 Å². The molecule has 14 heteroatoms. The minimum Gasteiger partial charge on any atom is -0.398 e. The number of aryl methyl sites for hydroxylation is 1. The van der Waals surface area contributed by atoms with E-state index in [4.69, 9.17) is 9.16 Å². The zero-order valence-corrected chi connectivity index (χ0v) is 40.6. The first-order chi connectivity index (χ1) is 31.6. The highest BCUT2D eigenvalue weighted by atomic mass is 28.4. The second kappa shape index (κ2) is 22.4. The Kier molecular flexibility index (Phi) is 16.9. The molecule has 3 aliphatic rings. The Bertz CT molecular complexity index is 2150. The van der Waals surface area contributed by atoms with Gasteiger partial charge in [0, 0.05) is 38.9 Å². The number of ketones is 1.